The lowest BCUT2D eigenvalue weighted by Gasteiger charge is -2.41. The van der Waals surface area contributed by atoms with Crippen LogP contribution in [0.2, 0.25) is 0 Å². The van der Waals surface area contributed by atoms with Crippen molar-refractivity contribution in [2.24, 2.45) is 17.1 Å². The van der Waals surface area contributed by atoms with Crippen molar-refractivity contribution < 1.29 is 9.53 Å². The van der Waals surface area contributed by atoms with Crippen LogP contribution in [0.15, 0.2) is 0 Å². The summed E-state index contributed by atoms with van der Waals surface area (Å²) in [4.78, 5) is 14.0. The number of carbonyl (C=O) groups excluding carboxylic acids is 1. The quantitative estimate of drug-likeness (QED) is 0.747. The zero-order valence-electron chi connectivity index (χ0n) is 10.1. The summed E-state index contributed by atoms with van der Waals surface area (Å²) in [5.41, 5.74) is 5.26. The molecular weight excluding hydrogens is 204 g/mol. The number of amides is 1. The van der Waals surface area contributed by atoms with Crippen LogP contribution in [0.1, 0.15) is 25.7 Å². The van der Waals surface area contributed by atoms with Crippen LogP contribution < -0.4 is 5.73 Å². The van der Waals surface area contributed by atoms with Gasteiger partial charge in [-0.1, -0.05) is 19.3 Å². The van der Waals surface area contributed by atoms with E-state index in [-0.39, 0.29) is 5.91 Å². The van der Waals surface area contributed by atoms with Gasteiger partial charge in [-0.2, -0.15) is 0 Å². The Kier molecular flexibility index (Phi) is 3.50. The van der Waals surface area contributed by atoms with E-state index in [4.69, 9.17) is 10.5 Å². The van der Waals surface area contributed by atoms with E-state index in [0.29, 0.717) is 19.8 Å². The Morgan fingerprint density at radius 1 is 1.50 bits per heavy atom. The first-order chi connectivity index (χ1) is 7.68. The third kappa shape index (κ3) is 2.09. The number of rotatable bonds is 5. The van der Waals surface area contributed by atoms with E-state index in [0.717, 1.165) is 18.9 Å². The van der Waals surface area contributed by atoms with Crippen LogP contribution in [0.5, 0.6) is 0 Å². The van der Waals surface area contributed by atoms with Crippen molar-refractivity contribution in [3.63, 3.8) is 0 Å². The van der Waals surface area contributed by atoms with Gasteiger partial charge in [-0.25, -0.2) is 0 Å². The van der Waals surface area contributed by atoms with Crippen molar-refractivity contribution in [3.8, 4) is 0 Å². The Morgan fingerprint density at radius 3 is 2.56 bits per heavy atom. The number of hydrogen-bond donors (Lipinski definition) is 1. The highest BCUT2D eigenvalue weighted by atomic mass is 16.5. The summed E-state index contributed by atoms with van der Waals surface area (Å²) in [6.07, 6.45) is 5.19. The number of ether oxygens (including phenoxy) is 1. The molecule has 0 aromatic heterocycles. The molecule has 2 rings (SSSR count). The summed E-state index contributed by atoms with van der Waals surface area (Å²) in [6, 6.07) is 0. The van der Waals surface area contributed by atoms with Crippen molar-refractivity contribution >= 4 is 5.91 Å². The first-order valence-electron chi connectivity index (χ1n) is 6.21. The molecule has 92 valence electrons. The van der Waals surface area contributed by atoms with Crippen LogP contribution in [0.4, 0.5) is 0 Å². The number of nitrogens with two attached hydrogens (primary N) is 1. The van der Waals surface area contributed by atoms with Gasteiger partial charge >= 0.3 is 0 Å². The van der Waals surface area contributed by atoms with Crippen LogP contribution >= 0.6 is 0 Å². The normalized spacial score (nSPS) is 23.4. The van der Waals surface area contributed by atoms with Gasteiger partial charge in [0.15, 0.2) is 0 Å². The Labute approximate surface area is 97.1 Å². The van der Waals surface area contributed by atoms with E-state index in [9.17, 15) is 4.79 Å². The first kappa shape index (κ1) is 11.9. The lowest BCUT2D eigenvalue weighted by molar-refractivity contribution is -0.169. The highest BCUT2D eigenvalue weighted by Crippen LogP contribution is 2.31. The highest BCUT2D eigenvalue weighted by Gasteiger charge is 2.46. The lowest BCUT2D eigenvalue weighted by Crippen LogP contribution is -2.58. The van der Waals surface area contributed by atoms with Gasteiger partial charge in [-0.05, 0) is 12.3 Å². The molecule has 0 bridgehead atoms. The molecule has 1 aliphatic heterocycles. The number of hydrogen-bond acceptors (Lipinski definition) is 3. The molecule has 1 aliphatic carbocycles. The molecule has 4 heteroatoms. The van der Waals surface area contributed by atoms with Crippen molar-refractivity contribution in [2.45, 2.75) is 25.7 Å². The maximum atomic E-state index is 12.2. The zero-order chi connectivity index (χ0) is 11.6. The molecule has 1 saturated carbocycles. The van der Waals surface area contributed by atoms with Gasteiger partial charge in [0.1, 0.15) is 5.41 Å². The minimum absolute atomic E-state index is 0.167. The molecule has 0 aromatic carbocycles. The third-order valence-electron chi connectivity index (χ3n) is 4.05. The fourth-order valence-electron chi connectivity index (χ4n) is 2.34. The van der Waals surface area contributed by atoms with Crippen LogP contribution in [0, 0.1) is 11.3 Å². The van der Waals surface area contributed by atoms with Gasteiger partial charge in [-0.3, -0.25) is 4.79 Å². The number of carbonyl (C=O) groups is 1. The van der Waals surface area contributed by atoms with Gasteiger partial charge in [0.2, 0.25) is 5.91 Å². The smallest absolute Gasteiger partial charge is 0.234 e. The highest BCUT2D eigenvalue weighted by molar-refractivity contribution is 5.83. The van der Waals surface area contributed by atoms with Gasteiger partial charge < -0.3 is 15.4 Å². The second kappa shape index (κ2) is 4.72. The molecule has 0 spiro atoms. The molecule has 1 amide bonds. The summed E-state index contributed by atoms with van der Waals surface area (Å²) in [5.74, 6) is 1.02. The average molecular weight is 226 g/mol. The second-order valence-corrected chi connectivity index (χ2v) is 5.29. The molecule has 1 saturated heterocycles. The van der Waals surface area contributed by atoms with Gasteiger partial charge in [0.05, 0.1) is 13.2 Å². The van der Waals surface area contributed by atoms with Crippen molar-refractivity contribution in [1.29, 1.82) is 0 Å². The van der Waals surface area contributed by atoms with Gasteiger partial charge in [-0.15, -0.1) is 0 Å². The Hall–Kier alpha value is -0.610. The van der Waals surface area contributed by atoms with Crippen LogP contribution in [0.3, 0.4) is 0 Å². The van der Waals surface area contributed by atoms with E-state index in [2.05, 4.69) is 0 Å². The van der Waals surface area contributed by atoms with Crippen molar-refractivity contribution in [3.05, 3.63) is 0 Å². The molecule has 2 fully saturated rings. The molecule has 0 aromatic rings. The minimum Gasteiger partial charge on any atom is -0.379 e. The van der Waals surface area contributed by atoms with Crippen LogP contribution in [-0.4, -0.2) is 44.2 Å². The predicted molar refractivity (Wildman–Crippen MR) is 61.9 cm³/mol. The van der Waals surface area contributed by atoms with E-state index >= 15 is 0 Å². The maximum absolute atomic E-state index is 12.2. The molecular formula is C12H22N2O2. The third-order valence-corrected chi connectivity index (χ3v) is 4.05. The van der Waals surface area contributed by atoms with Crippen LogP contribution in [0.25, 0.3) is 0 Å². The standard InChI is InChI=1S/C12H22N2O2/c1-14(6-5-10-3-2-4-10)11(15)12(7-13)8-16-9-12/h10H,2-9,13H2,1H3. The Bertz CT molecular complexity index is 254. The minimum atomic E-state index is -0.408. The molecule has 0 unspecified atom stereocenters. The van der Waals surface area contributed by atoms with Gasteiger partial charge in [0, 0.05) is 20.1 Å². The van der Waals surface area contributed by atoms with Crippen molar-refractivity contribution in [2.75, 3.05) is 33.4 Å². The van der Waals surface area contributed by atoms with Crippen LogP contribution in [-0.2, 0) is 9.53 Å². The summed E-state index contributed by atoms with van der Waals surface area (Å²) in [7, 11) is 1.89. The van der Waals surface area contributed by atoms with E-state index in [1.165, 1.54) is 19.3 Å². The molecule has 1 heterocycles. The summed E-state index contributed by atoms with van der Waals surface area (Å²) >= 11 is 0. The van der Waals surface area contributed by atoms with E-state index in [1.807, 2.05) is 11.9 Å². The molecule has 2 aliphatic rings. The zero-order valence-corrected chi connectivity index (χ0v) is 10.1. The molecule has 2 N–H and O–H groups in total. The lowest BCUT2D eigenvalue weighted by atomic mass is 9.82. The van der Waals surface area contributed by atoms with E-state index in [1.54, 1.807) is 0 Å². The summed E-state index contributed by atoms with van der Waals surface area (Å²) in [6.45, 7) is 2.26. The molecule has 4 nitrogen and oxygen atoms in total. The maximum Gasteiger partial charge on any atom is 0.234 e. The fraction of sp³-hybridized carbons (Fsp3) is 0.917. The fourth-order valence-corrected chi connectivity index (χ4v) is 2.34. The Morgan fingerprint density at radius 2 is 2.19 bits per heavy atom. The first-order valence-corrected chi connectivity index (χ1v) is 6.21. The summed E-state index contributed by atoms with van der Waals surface area (Å²) < 4.78 is 5.13. The average Bonchev–Trinajstić information content (AvgIpc) is 2.14. The molecule has 0 radical (unpaired) electrons. The summed E-state index contributed by atoms with van der Waals surface area (Å²) in [5, 5.41) is 0. The SMILES string of the molecule is CN(CCC1CCC1)C(=O)C1(CN)COC1. The topological polar surface area (TPSA) is 55.6 Å². The monoisotopic (exact) mass is 226 g/mol. The Balaban J connectivity index is 1.78. The van der Waals surface area contributed by atoms with Crippen molar-refractivity contribution in [1.82, 2.24) is 4.90 Å². The molecule has 16 heavy (non-hydrogen) atoms. The van der Waals surface area contributed by atoms with E-state index < -0.39 is 5.41 Å². The predicted octanol–water partition coefficient (Wildman–Crippen LogP) is 0.610. The largest absolute Gasteiger partial charge is 0.379 e. The molecule has 0 atom stereocenters. The second-order valence-electron chi connectivity index (χ2n) is 5.29. The number of nitrogens with zero attached hydrogens (tertiary/aromatic N) is 1. The van der Waals surface area contributed by atoms with Gasteiger partial charge in [0.25, 0.3) is 0 Å².